The SMILES string of the molecule is O=C(O)c1nccnc1OC1CCCCCC1. The van der Waals surface area contributed by atoms with E-state index in [9.17, 15) is 4.79 Å². The molecule has 1 heterocycles. The average Bonchev–Trinajstić information content (AvgIpc) is 2.58. The zero-order valence-corrected chi connectivity index (χ0v) is 9.63. The molecule has 0 unspecified atom stereocenters. The van der Waals surface area contributed by atoms with Gasteiger partial charge in [-0.05, 0) is 25.7 Å². The third-order valence-electron chi connectivity index (χ3n) is 2.95. The summed E-state index contributed by atoms with van der Waals surface area (Å²) in [5.74, 6) is -0.950. The molecule has 1 saturated carbocycles. The molecule has 5 nitrogen and oxygen atoms in total. The van der Waals surface area contributed by atoms with Gasteiger partial charge in [0.1, 0.15) is 6.10 Å². The summed E-state index contributed by atoms with van der Waals surface area (Å²) in [7, 11) is 0. The van der Waals surface area contributed by atoms with Gasteiger partial charge >= 0.3 is 5.97 Å². The summed E-state index contributed by atoms with van der Waals surface area (Å²) in [5, 5.41) is 8.97. The number of carboxylic acids is 1. The van der Waals surface area contributed by atoms with Crippen molar-refractivity contribution in [2.75, 3.05) is 0 Å². The molecule has 0 saturated heterocycles. The van der Waals surface area contributed by atoms with Gasteiger partial charge in [0.25, 0.3) is 0 Å². The second kappa shape index (κ2) is 5.61. The van der Waals surface area contributed by atoms with Gasteiger partial charge in [0.15, 0.2) is 0 Å². The molecule has 0 radical (unpaired) electrons. The monoisotopic (exact) mass is 236 g/mol. The van der Waals surface area contributed by atoms with Crippen molar-refractivity contribution in [1.82, 2.24) is 9.97 Å². The van der Waals surface area contributed by atoms with Gasteiger partial charge in [-0.15, -0.1) is 0 Å². The average molecular weight is 236 g/mol. The highest BCUT2D eigenvalue weighted by Crippen LogP contribution is 2.22. The highest BCUT2D eigenvalue weighted by Gasteiger charge is 2.19. The highest BCUT2D eigenvalue weighted by atomic mass is 16.5. The third kappa shape index (κ3) is 3.15. The number of aromatic carboxylic acids is 1. The molecule has 1 aromatic heterocycles. The Morgan fingerprint density at radius 3 is 2.47 bits per heavy atom. The second-order valence-electron chi connectivity index (χ2n) is 4.25. The molecule has 17 heavy (non-hydrogen) atoms. The van der Waals surface area contributed by atoms with Crippen molar-refractivity contribution in [3.05, 3.63) is 18.1 Å². The third-order valence-corrected chi connectivity index (χ3v) is 2.95. The Kier molecular flexibility index (Phi) is 3.90. The lowest BCUT2D eigenvalue weighted by atomic mass is 10.1. The number of aromatic nitrogens is 2. The van der Waals surface area contributed by atoms with Crippen LogP contribution >= 0.6 is 0 Å². The van der Waals surface area contributed by atoms with Crippen LogP contribution < -0.4 is 4.74 Å². The zero-order chi connectivity index (χ0) is 12.1. The quantitative estimate of drug-likeness (QED) is 0.815. The van der Waals surface area contributed by atoms with E-state index < -0.39 is 5.97 Å². The first kappa shape index (κ1) is 11.8. The molecule has 92 valence electrons. The first-order chi connectivity index (χ1) is 8.27. The molecule has 0 aliphatic heterocycles. The number of hydrogen-bond acceptors (Lipinski definition) is 4. The van der Waals surface area contributed by atoms with E-state index >= 15 is 0 Å². The molecule has 0 aromatic carbocycles. The van der Waals surface area contributed by atoms with Crippen LogP contribution in [0.15, 0.2) is 12.4 Å². The molecule has 0 atom stereocenters. The Morgan fingerprint density at radius 1 is 1.18 bits per heavy atom. The van der Waals surface area contributed by atoms with Crippen LogP contribution in [-0.2, 0) is 0 Å². The maximum Gasteiger partial charge on any atom is 0.360 e. The Labute approximate surface area is 99.9 Å². The lowest BCUT2D eigenvalue weighted by molar-refractivity contribution is 0.0678. The molecule has 5 heteroatoms. The largest absolute Gasteiger partial charge is 0.476 e. The summed E-state index contributed by atoms with van der Waals surface area (Å²) in [4.78, 5) is 18.7. The van der Waals surface area contributed by atoms with Crippen molar-refractivity contribution in [3.8, 4) is 5.88 Å². The van der Waals surface area contributed by atoms with E-state index in [2.05, 4.69) is 9.97 Å². The maximum absolute atomic E-state index is 10.9. The fourth-order valence-corrected chi connectivity index (χ4v) is 2.08. The van der Waals surface area contributed by atoms with Crippen molar-refractivity contribution >= 4 is 5.97 Å². The molecule has 0 bridgehead atoms. The van der Waals surface area contributed by atoms with E-state index in [4.69, 9.17) is 9.84 Å². The van der Waals surface area contributed by atoms with Gasteiger partial charge < -0.3 is 9.84 Å². The van der Waals surface area contributed by atoms with Crippen LogP contribution in [0.2, 0.25) is 0 Å². The van der Waals surface area contributed by atoms with Gasteiger partial charge in [-0.2, -0.15) is 0 Å². The van der Waals surface area contributed by atoms with Crippen molar-refractivity contribution in [2.24, 2.45) is 0 Å². The summed E-state index contributed by atoms with van der Waals surface area (Å²) in [6, 6.07) is 0. The minimum absolute atomic E-state index is 0.0762. The van der Waals surface area contributed by atoms with E-state index in [1.54, 1.807) is 0 Å². The maximum atomic E-state index is 10.9. The molecule has 2 rings (SSSR count). The fraction of sp³-hybridized carbons (Fsp3) is 0.583. The first-order valence-corrected chi connectivity index (χ1v) is 5.98. The van der Waals surface area contributed by atoms with Crippen molar-refractivity contribution in [3.63, 3.8) is 0 Å². The van der Waals surface area contributed by atoms with Gasteiger partial charge in [0, 0.05) is 12.4 Å². The summed E-state index contributed by atoms with van der Waals surface area (Å²) in [6.45, 7) is 0. The van der Waals surface area contributed by atoms with Crippen LogP contribution in [0, 0.1) is 0 Å². The number of carbonyl (C=O) groups is 1. The molecular formula is C12H16N2O3. The number of ether oxygens (including phenoxy) is 1. The van der Waals surface area contributed by atoms with E-state index in [-0.39, 0.29) is 17.7 Å². The minimum atomic E-state index is -1.10. The molecule has 0 spiro atoms. The summed E-state index contributed by atoms with van der Waals surface area (Å²) >= 11 is 0. The predicted octanol–water partition coefficient (Wildman–Crippen LogP) is 2.28. The van der Waals surface area contributed by atoms with E-state index in [0.29, 0.717) is 0 Å². The van der Waals surface area contributed by atoms with Crippen LogP contribution in [-0.4, -0.2) is 27.1 Å². The molecule has 1 aromatic rings. The van der Waals surface area contributed by atoms with Gasteiger partial charge in [-0.25, -0.2) is 14.8 Å². The van der Waals surface area contributed by atoms with Crippen LogP contribution in [0.3, 0.4) is 0 Å². The molecule has 1 N–H and O–H groups in total. The Morgan fingerprint density at radius 2 is 1.82 bits per heavy atom. The summed E-state index contributed by atoms with van der Waals surface area (Å²) in [6.07, 6.45) is 9.55. The zero-order valence-electron chi connectivity index (χ0n) is 9.63. The number of rotatable bonds is 3. The molecular weight excluding hydrogens is 220 g/mol. The van der Waals surface area contributed by atoms with Gasteiger partial charge in [0.05, 0.1) is 0 Å². The molecule has 1 fully saturated rings. The van der Waals surface area contributed by atoms with Crippen LogP contribution in [0.5, 0.6) is 5.88 Å². The highest BCUT2D eigenvalue weighted by molar-refractivity contribution is 5.87. The predicted molar refractivity (Wildman–Crippen MR) is 61.1 cm³/mol. The first-order valence-electron chi connectivity index (χ1n) is 5.98. The second-order valence-corrected chi connectivity index (χ2v) is 4.25. The lowest BCUT2D eigenvalue weighted by Gasteiger charge is -2.16. The van der Waals surface area contributed by atoms with E-state index in [1.807, 2.05) is 0 Å². The molecule has 0 amide bonds. The normalized spacial score (nSPS) is 17.4. The Bertz CT molecular complexity index is 387. The van der Waals surface area contributed by atoms with E-state index in [1.165, 1.54) is 25.2 Å². The van der Waals surface area contributed by atoms with Crippen molar-refractivity contribution in [2.45, 2.75) is 44.6 Å². The number of nitrogens with zero attached hydrogens (tertiary/aromatic N) is 2. The smallest absolute Gasteiger partial charge is 0.360 e. The van der Waals surface area contributed by atoms with Crippen LogP contribution in [0.25, 0.3) is 0 Å². The summed E-state index contributed by atoms with van der Waals surface area (Å²) < 4.78 is 5.67. The topological polar surface area (TPSA) is 72.3 Å². The molecule has 1 aliphatic carbocycles. The number of carboxylic acid groups (broad SMARTS) is 1. The van der Waals surface area contributed by atoms with Crippen LogP contribution in [0.4, 0.5) is 0 Å². The van der Waals surface area contributed by atoms with Gasteiger partial charge in [-0.3, -0.25) is 0 Å². The minimum Gasteiger partial charge on any atom is -0.476 e. The summed E-state index contributed by atoms with van der Waals surface area (Å²) in [5.41, 5.74) is -0.100. The van der Waals surface area contributed by atoms with Gasteiger partial charge in [0.2, 0.25) is 11.6 Å². The molecule has 1 aliphatic rings. The Balaban J connectivity index is 2.09. The van der Waals surface area contributed by atoms with Gasteiger partial charge in [-0.1, -0.05) is 12.8 Å². The lowest BCUT2D eigenvalue weighted by Crippen LogP contribution is -2.18. The van der Waals surface area contributed by atoms with E-state index in [0.717, 1.165) is 25.7 Å². The van der Waals surface area contributed by atoms with Crippen molar-refractivity contribution in [1.29, 1.82) is 0 Å². The number of hydrogen-bond donors (Lipinski definition) is 1. The van der Waals surface area contributed by atoms with Crippen LogP contribution in [0.1, 0.15) is 49.0 Å². The van der Waals surface area contributed by atoms with Crippen molar-refractivity contribution < 1.29 is 14.6 Å². The fourth-order valence-electron chi connectivity index (χ4n) is 2.08. The standard InChI is InChI=1S/C12H16N2O3/c15-12(16)10-11(14-8-7-13-10)17-9-5-3-1-2-4-6-9/h7-9H,1-6H2,(H,15,16). The Hall–Kier alpha value is -1.65.